The van der Waals surface area contributed by atoms with Crippen molar-refractivity contribution in [3.8, 4) is 0 Å². The standard InChI is InChI=1S/C28H24ClN5O2/c29-23-14-13-21(24-22(23)12-7-15-31-24)18-33(16-19-8-3-1-4-9-19)25-26(30)34(28(36)32-27(25)35)17-20-10-5-2-6-11-20/h1-15H,16-18,30H2,(H,32,35,36). The molecule has 0 unspecified atom stereocenters. The zero-order valence-corrected chi connectivity index (χ0v) is 20.2. The van der Waals surface area contributed by atoms with Gasteiger partial charge in [-0.05, 0) is 34.9 Å². The van der Waals surface area contributed by atoms with Gasteiger partial charge in [0.1, 0.15) is 11.5 Å². The monoisotopic (exact) mass is 497 g/mol. The zero-order chi connectivity index (χ0) is 25.1. The smallest absolute Gasteiger partial charge is 0.330 e. The van der Waals surface area contributed by atoms with Gasteiger partial charge in [0.2, 0.25) is 0 Å². The van der Waals surface area contributed by atoms with Crippen molar-refractivity contribution in [3.63, 3.8) is 0 Å². The minimum Gasteiger partial charge on any atom is -0.383 e. The number of hydrogen-bond acceptors (Lipinski definition) is 5. The van der Waals surface area contributed by atoms with Crippen molar-refractivity contribution >= 4 is 34.0 Å². The van der Waals surface area contributed by atoms with E-state index in [2.05, 4.69) is 9.97 Å². The lowest BCUT2D eigenvalue weighted by Gasteiger charge is -2.27. The Labute approximate surface area is 212 Å². The Morgan fingerprint density at radius 2 is 1.56 bits per heavy atom. The molecule has 0 saturated heterocycles. The fourth-order valence-electron chi connectivity index (χ4n) is 4.35. The summed E-state index contributed by atoms with van der Waals surface area (Å²) in [4.78, 5) is 34.8. The van der Waals surface area contributed by atoms with Crippen LogP contribution in [0.5, 0.6) is 0 Å². The fourth-order valence-corrected chi connectivity index (χ4v) is 4.57. The second-order valence-electron chi connectivity index (χ2n) is 8.51. The molecule has 8 heteroatoms. The van der Waals surface area contributed by atoms with Gasteiger partial charge < -0.3 is 10.6 Å². The summed E-state index contributed by atoms with van der Waals surface area (Å²) in [6.45, 7) is 0.963. The third kappa shape index (κ3) is 4.74. The van der Waals surface area contributed by atoms with E-state index in [0.29, 0.717) is 18.1 Å². The molecule has 0 bridgehead atoms. The maximum atomic E-state index is 13.2. The Hall–Kier alpha value is -4.36. The van der Waals surface area contributed by atoms with E-state index in [1.54, 1.807) is 6.20 Å². The van der Waals surface area contributed by atoms with Crippen LogP contribution >= 0.6 is 11.6 Å². The molecule has 0 amide bonds. The molecule has 2 heterocycles. The van der Waals surface area contributed by atoms with Crippen molar-refractivity contribution in [1.82, 2.24) is 14.5 Å². The van der Waals surface area contributed by atoms with Crippen molar-refractivity contribution in [3.05, 3.63) is 134 Å². The van der Waals surface area contributed by atoms with Gasteiger partial charge in [0.25, 0.3) is 5.56 Å². The quantitative estimate of drug-likeness (QED) is 0.343. The average Bonchev–Trinajstić information content (AvgIpc) is 2.89. The number of pyridine rings is 1. The number of benzene rings is 3. The van der Waals surface area contributed by atoms with Crippen molar-refractivity contribution in [2.75, 3.05) is 10.6 Å². The summed E-state index contributed by atoms with van der Waals surface area (Å²) in [5.41, 5.74) is 9.19. The number of anilines is 2. The summed E-state index contributed by atoms with van der Waals surface area (Å²) in [5.74, 6) is 0.106. The molecule has 5 aromatic rings. The number of fused-ring (bicyclic) bond motifs is 1. The van der Waals surface area contributed by atoms with E-state index in [9.17, 15) is 9.59 Å². The van der Waals surface area contributed by atoms with Gasteiger partial charge in [0.15, 0.2) is 0 Å². The molecule has 3 aromatic carbocycles. The normalized spacial score (nSPS) is 11.0. The number of hydrogen-bond donors (Lipinski definition) is 2. The molecule has 0 radical (unpaired) electrons. The maximum absolute atomic E-state index is 13.2. The lowest BCUT2D eigenvalue weighted by molar-refractivity contribution is 0.713. The van der Waals surface area contributed by atoms with Gasteiger partial charge in [-0.1, -0.05) is 78.3 Å². The molecule has 7 nitrogen and oxygen atoms in total. The number of halogens is 1. The molecule has 0 aliphatic carbocycles. The first-order valence-corrected chi connectivity index (χ1v) is 11.9. The van der Waals surface area contributed by atoms with E-state index in [4.69, 9.17) is 17.3 Å². The minimum atomic E-state index is -0.552. The molecule has 0 aliphatic rings. The molecule has 36 heavy (non-hydrogen) atoms. The van der Waals surface area contributed by atoms with E-state index in [1.807, 2.05) is 89.8 Å². The first-order valence-electron chi connectivity index (χ1n) is 11.5. The third-order valence-corrected chi connectivity index (χ3v) is 6.42. The topological polar surface area (TPSA) is 97.0 Å². The first kappa shape index (κ1) is 23.4. The lowest BCUT2D eigenvalue weighted by atomic mass is 10.1. The number of nitrogens with one attached hydrogen (secondary N) is 1. The van der Waals surface area contributed by atoms with Gasteiger partial charge in [-0.3, -0.25) is 19.3 Å². The van der Waals surface area contributed by atoms with Crippen molar-refractivity contribution in [1.29, 1.82) is 0 Å². The Balaban J connectivity index is 1.64. The summed E-state index contributed by atoms with van der Waals surface area (Å²) < 4.78 is 1.39. The summed E-state index contributed by atoms with van der Waals surface area (Å²) in [5, 5.41) is 1.43. The minimum absolute atomic E-state index is 0.106. The Morgan fingerprint density at radius 1 is 0.861 bits per heavy atom. The second-order valence-corrected chi connectivity index (χ2v) is 8.92. The highest BCUT2D eigenvalue weighted by molar-refractivity contribution is 6.35. The summed E-state index contributed by atoms with van der Waals surface area (Å²) in [7, 11) is 0. The van der Waals surface area contributed by atoms with Crippen LogP contribution in [0.2, 0.25) is 5.02 Å². The molecule has 180 valence electrons. The summed E-state index contributed by atoms with van der Waals surface area (Å²) >= 11 is 6.41. The molecule has 0 spiro atoms. The van der Waals surface area contributed by atoms with Gasteiger partial charge in [-0.25, -0.2) is 4.79 Å². The van der Waals surface area contributed by atoms with Crippen LogP contribution in [-0.4, -0.2) is 14.5 Å². The van der Waals surface area contributed by atoms with Crippen LogP contribution in [0.3, 0.4) is 0 Å². The molecule has 2 aromatic heterocycles. The largest absolute Gasteiger partial charge is 0.383 e. The number of nitrogen functional groups attached to an aromatic ring is 1. The highest BCUT2D eigenvalue weighted by Gasteiger charge is 2.21. The molecule has 0 atom stereocenters. The molecule has 3 N–H and O–H groups in total. The van der Waals surface area contributed by atoms with E-state index < -0.39 is 11.2 Å². The second kappa shape index (κ2) is 10.1. The van der Waals surface area contributed by atoms with Gasteiger partial charge >= 0.3 is 5.69 Å². The Bertz CT molecular complexity index is 1630. The average molecular weight is 498 g/mol. The van der Waals surface area contributed by atoms with Gasteiger partial charge in [-0.15, -0.1) is 0 Å². The van der Waals surface area contributed by atoms with Gasteiger partial charge in [0, 0.05) is 29.7 Å². The van der Waals surface area contributed by atoms with E-state index in [0.717, 1.165) is 27.6 Å². The summed E-state index contributed by atoms with van der Waals surface area (Å²) in [6, 6.07) is 26.8. The fraction of sp³-hybridized carbons (Fsp3) is 0.107. The molecule has 0 saturated carbocycles. The predicted octanol–water partition coefficient (Wildman–Crippen LogP) is 4.58. The molecular formula is C28H24ClN5O2. The lowest BCUT2D eigenvalue weighted by Crippen LogP contribution is -2.38. The highest BCUT2D eigenvalue weighted by Crippen LogP contribution is 2.28. The summed E-state index contributed by atoms with van der Waals surface area (Å²) in [6.07, 6.45) is 1.71. The van der Waals surface area contributed by atoms with E-state index >= 15 is 0 Å². The Morgan fingerprint density at radius 3 is 2.28 bits per heavy atom. The number of rotatable bonds is 7. The third-order valence-electron chi connectivity index (χ3n) is 6.09. The number of H-pyrrole nitrogens is 1. The number of aromatic amines is 1. The van der Waals surface area contributed by atoms with Crippen molar-refractivity contribution in [2.24, 2.45) is 0 Å². The molecule has 0 aliphatic heterocycles. The number of nitrogens with two attached hydrogens (primary N) is 1. The highest BCUT2D eigenvalue weighted by atomic mass is 35.5. The van der Waals surface area contributed by atoms with Crippen LogP contribution in [0, 0.1) is 0 Å². The van der Waals surface area contributed by atoms with Gasteiger partial charge in [-0.2, -0.15) is 0 Å². The zero-order valence-electron chi connectivity index (χ0n) is 19.4. The maximum Gasteiger partial charge on any atom is 0.330 e. The number of aromatic nitrogens is 3. The van der Waals surface area contributed by atoms with E-state index in [1.165, 1.54) is 4.57 Å². The predicted molar refractivity (Wildman–Crippen MR) is 144 cm³/mol. The van der Waals surface area contributed by atoms with Crippen molar-refractivity contribution < 1.29 is 0 Å². The molecule has 5 rings (SSSR count). The first-order chi connectivity index (χ1) is 17.5. The number of nitrogens with zero attached hydrogens (tertiary/aromatic N) is 3. The van der Waals surface area contributed by atoms with Crippen LogP contribution in [0.1, 0.15) is 16.7 Å². The Kier molecular flexibility index (Phi) is 6.56. The van der Waals surface area contributed by atoms with Gasteiger partial charge in [0.05, 0.1) is 12.1 Å². The SMILES string of the molecule is Nc1c(N(Cc2ccccc2)Cc2ccc(Cl)c3cccnc23)c(=O)[nH]c(=O)n1Cc1ccccc1. The van der Waals surface area contributed by atoms with E-state index in [-0.39, 0.29) is 18.1 Å². The molecule has 0 fully saturated rings. The molecular weight excluding hydrogens is 474 g/mol. The van der Waals surface area contributed by atoms with Crippen LogP contribution in [-0.2, 0) is 19.6 Å². The van der Waals surface area contributed by atoms with Crippen LogP contribution < -0.4 is 21.9 Å². The van der Waals surface area contributed by atoms with Crippen LogP contribution in [0.4, 0.5) is 11.5 Å². The van der Waals surface area contributed by atoms with Crippen LogP contribution in [0.25, 0.3) is 10.9 Å². The van der Waals surface area contributed by atoms with Crippen LogP contribution in [0.15, 0.2) is 101 Å². The van der Waals surface area contributed by atoms with Crippen molar-refractivity contribution in [2.45, 2.75) is 19.6 Å².